The number of carbonyl (C=O) groups is 1. The maximum absolute atomic E-state index is 13.2. The summed E-state index contributed by atoms with van der Waals surface area (Å²) in [7, 11) is -3.58. The van der Waals surface area contributed by atoms with Crippen LogP contribution in [-0.4, -0.2) is 31.7 Å². The zero-order valence-electron chi connectivity index (χ0n) is 15.5. The summed E-state index contributed by atoms with van der Waals surface area (Å²) in [4.78, 5) is 12.3. The lowest BCUT2D eigenvalue weighted by molar-refractivity contribution is -0.111. The lowest BCUT2D eigenvalue weighted by Gasteiger charge is -2.20. The minimum absolute atomic E-state index is 0.168. The maximum Gasteiger partial charge on any atom is 0.248 e. The number of amides is 1. The van der Waals surface area contributed by atoms with Gasteiger partial charge in [0.2, 0.25) is 15.9 Å². The average Bonchev–Trinajstić information content (AvgIpc) is 2.97. The summed E-state index contributed by atoms with van der Waals surface area (Å²) < 4.78 is 40.5. The van der Waals surface area contributed by atoms with Crippen LogP contribution in [-0.2, 0) is 14.8 Å². The largest absolute Gasteiger partial charge is 0.322 e. The summed E-state index contributed by atoms with van der Waals surface area (Å²) in [5.41, 5.74) is 0.956. The number of benzene rings is 2. The van der Waals surface area contributed by atoms with Crippen LogP contribution in [0.15, 0.2) is 59.5 Å². The van der Waals surface area contributed by atoms with Gasteiger partial charge in [-0.2, -0.15) is 4.31 Å². The highest BCUT2D eigenvalue weighted by atomic mass is 32.2. The Bertz CT molecular complexity index is 965. The second-order valence-electron chi connectivity index (χ2n) is 6.72. The predicted molar refractivity (Wildman–Crippen MR) is 108 cm³/mol. The van der Waals surface area contributed by atoms with E-state index in [1.165, 1.54) is 34.7 Å². The van der Waals surface area contributed by atoms with Crippen LogP contribution in [0.1, 0.15) is 31.2 Å². The number of rotatable bonds is 5. The van der Waals surface area contributed by atoms with Crippen molar-refractivity contribution in [1.29, 1.82) is 0 Å². The zero-order valence-corrected chi connectivity index (χ0v) is 16.3. The standard InChI is InChI=1S/C21H23FN2O3S/c22-18-8-5-7-17(15-18)11-12-21(25)23-19-9-6-10-20(16-19)28(26,27)24-13-3-1-2-4-14-24/h5-12,15-16H,1-4,13-14H2,(H,23,25)/b12-11+. The fourth-order valence-electron chi connectivity index (χ4n) is 3.13. The molecular formula is C21H23FN2O3S. The molecule has 0 aromatic heterocycles. The number of sulfonamides is 1. The van der Waals surface area contributed by atoms with Crippen molar-refractivity contribution in [3.8, 4) is 0 Å². The minimum Gasteiger partial charge on any atom is -0.322 e. The van der Waals surface area contributed by atoms with E-state index in [0.717, 1.165) is 25.7 Å². The molecule has 0 radical (unpaired) electrons. The number of anilines is 1. The molecular weight excluding hydrogens is 379 g/mol. The van der Waals surface area contributed by atoms with Gasteiger partial charge in [-0.25, -0.2) is 12.8 Å². The van der Waals surface area contributed by atoms with Crippen LogP contribution in [0.3, 0.4) is 0 Å². The van der Waals surface area contributed by atoms with Gasteiger partial charge in [-0.15, -0.1) is 0 Å². The van der Waals surface area contributed by atoms with Crippen LogP contribution in [0.2, 0.25) is 0 Å². The molecule has 5 nitrogen and oxygen atoms in total. The Morgan fingerprint density at radius 2 is 1.71 bits per heavy atom. The van der Waals surface area contributed by atoms with Crippen LogP contribution in [0.25, 0.3) is 6.08 Å². The second-order valence-corrected chi connectivity index (χ2v) is 8.66. The van der Waals surface area contributed by atoms with Crippen molar-refractivity contribution in [3.05, 3.63) is 66.0 Å². The summed E-state index contributed by atoms with van der Waals surface area (Å²) in [6.45, 7) is 1.05. The van der Waals surface area contributed by atoms with E-state index in [-0.39, 0.29) is 10.7 Å². The van der Waals surface area contributed by atoms with Crippen LogP contribution >= 0.6 is 0 Å². The predicted octanol–water partition coefficient (Wildman–Crippen LogP) is 4.04. The molecule has 1 aliphatic heterocycles. The smallest absolute Gasteiger partial charge is 0.248 e. The van der Waals surface area contributed by atoms with Gasteiger partial charge in [0, 0.05) is 24.9 Å². The Morgan fingerprint density at radius 1 is 1.00 bits per heavy atom. The Hall–Kier alpha value is -2.51. The molecule has 148 valence electrons. The first-order chi connectivity index (χ1) is 13.4. The average molecular weight is 402 g/mol. The molecule has 28 heavy (non-hydrogen) atoms. The van der Waals surface area contributed by atoms with Gasteiger partial charge >= 0.3 is 0 Å². The normalized spacial score (nSPS) is 16.0. The van der Waals surface area contributed by atoms with E-state index in [2.05, 4.69) is 5.32 Å². The third kappa shape index (κ3) is 5.27. The molecule has 1 aliphatic rings. The van der Waals surface area contributed by atoms with Crippen molar-refractivity contribution < 1.29 is 17.6 Å². The van der Waals surface area contributed by atoms with Crippen LogP contribution < -0.4 is 5.32 Å². The summed E-state index contributed by atoms with van der Waals surface area (Å²) in [5.74, 6) is -0.803. The molecule has 1 saturated heterocycles. The summed E-state index contributed by atoms with van der Waals surface area (Å²) >= 11 is 0. The first kappa shape index (κ1) is 20.2. The fourth-order valence-corrected chi connectivity index (χ4v) is 4.69. The van der Waals surface area contributed by atoms with Crippen molar-refractivity contribution >= 4 is 27.7 Å². The van der Waals surface area contributed by atoms with E-state index in [0.29, 0.717) is 24.3 Å². The Labute approximate surface area is 164 Å². The van der Waals surface area contributed by atoms with Crippen LogP contribution in [0.4, 0.5) is 10.1 Å². The lowest BCUT2D eigenvalue weighted by Crippen LogP contribution is -2.32. The van der Waals surface area contributed by atoms with Gasteiger partial charge in [-0.1, -0.05) is 31.0 Å². The number of nitrogens with zero attached hydrogens (tertiary/aromatic N) is 1. The molecule has 2 aromatic carbocycles. The van der Waals surface area contributed by atoms with Gasteiger partial charge in [0.25, 0.3) is 0 Å². The first-order valence-corrected chi connectivity index (χ1v) is 10.7. The Morgan fingerprint density at radius 3 is 2.43 bits per heavy atom. The number of nitrogens with one attached hydrogen (secondary N) is 1. The maximum atomic E-state index is 13.2. The molecule has 3 rings (SSSR count). The Balaban J connectivity index is 1.71. The van der Waals surface area contributed by atoms with E-state index in [9.17, 15) is 17.6 Å². The van der Waals surface area contributed by atoms with Gasteiger partial charge in [-0.05, 0) is 54.8 Å². The highest BCUT2D eigenvalue weighted by Crippen LogP contribution is 2.22. The summed E-state index contributed by atoms with van der Waals surface area (Å²) in [6, 6.07) is 12.1. The van der Waals surface area contributed by atoms with Crippen molar-refractivity contribution in [3.63, 3.8) is 0 Å². The van der Waals surface area contributed by atoms with Crippen molar-refractivity contribution in [2.45, 2.75) is 30.6 Å². The van der Waals surface area contributed by atoms with Gasteiger partial charge in [0.1, 0.15) is 5.82 Å². The molecule has 1 N–H and O–H groups in total. The van der Waals surface area contributed by atoms with E-state index in [1.54, 1.807) is 30.3 Å². The van der Waals surface area contributed by atoms with Gasteiger partial charge in [0.05, 0.1) is 4.90 Å². The fraction of sp³-hybridized carbons (Fsp3) is 0.286. The van der Waals surface area contributed by atoms with Crippen molar-refractivity contribution in [1.82, 2.24) is 4.31 Å². The molecule has 7 heteroatoms. The quantitative estimate of drug-likeness (QED) is 0.768. The molecule has 0 saturated carbocycles. The van der Waals surface area contributed by atoms with Crippen LogP contribution in [0, 0.1) is 5.82 Å². The molecule has 1 heterocycles. The Kier molecular flexibility index (Phi) is 6.59. The summed E-state index contributed by atoms with van der Waals surface area (Å²) in [6.07, 6.45) is 6.58. The van der Waals surface area contributed by atoms with Gasteiger partial charge < -0.3 is 5.32 Å². The molecule has 0 atom stereocenters. The number of halogens is 1. The van der Waals surface area contributed by atoms with E-state index in [1.807, 2.05) is 0 Å². The molecule has 0 unspecified atom stereocenters. The highest BCUT2D eigenvalue weighted by Gasteiger charge is 2.25. The summed E-state index contributed by atoms with van der Waals surface area (Å²) in [5, 5.41) is 2.65. The molecule has 0 spiro atoms. The molecule has 1 amide bonds. The highest BCUT2D eigenvalue weighted by molar-refractivity contribution is 7.89. The molecule has 2 aromatic rings. The van der Waals surface area contributed by atoms with Crippen molar-refractivity contribution in [2.75, 3.05) is 18.4 Å². The second kappa shape index (κ2) is 9.12. The zero-order chi connectivity index (χ0) is 20.0. The van der Waals surface area contributed by atoms with Gasteiger partial charge in [0.15, 0.2) is 0 Å². The monoisotopic (exact) mass is 402 g/mol. The van der Waals surface area contributed by atoms with Gasteiger partial charge in [-0.3, -0.25) is 4.79 Å². The molecule has 1 fully saturated rings. The molecule has 0 aliphatic carbocycles. The van der Waals surface area contributed by atoms with E-state index < -0.39 is 15.9 Å². The van der Waals surface area contributed by atoms with E-state index in [4.69, 9.17) is 0 Å². The molecule has 0 bridgehead atoms. The third-order valence-electron chi connectivity index (χ3n) is 4.58. The minimum atomic E-state index is -3.58. The number of hydrogen-bond acceptors (Lipinski definition) is 3. The topological polar surface area (TPSA) is 66.5 Å². The number of carbonyl (C=O) groups excluding carboxylic acids is 1. The SMILES string of the molecule is O=C(/C=C/c1cccc(F)c1)Nc1cccc(S(=O)(=O)N2CCCCCC2)c1. The van der Waals surface area contributed by atoms with Crippen molar-refractivity contribution in [2.24, 2.45) is 0 Å². The third-order valence-corrected chi connectivity index (χ3v) is 6.47. The van der Waals surface area contributed by atoms with E-state index >= 15 is 0 Å². The first-order valence-electron chi connectivity index (χ1n) is 9.30. The lowest BCUT2D eigenvalue weighted by atomic mass is 10.2. The van der Waals surface area contributed by atoms with Crippen LogP contribution in [0.5, 0.6) is 0 Å². The number of hydrogen-bond donors (Lipinski definition) is 1.